The third kappa shape index (κ3) is 4.66. The number of fused-ring (bicyclic) bond motifs is 1. The summed E-state index contributed by atoms with van der Waals surface area (Å²) in [4.78, 5) is 16.0. The summed E-state index contributed by atoms with van der Waals surface area (Å²) in [6.07, 6.45) is 5.17. The van der Waals surface area contributed by atoms with E-state index in [4.69, 9.17) is 0 Å². The molecule has 0 radical (unpaired) electrons. The van der Waals surface area contributed by atoms with Crippen molar-refractivity contribution in [2.75, 3.05) is 17.2 Å². The van der Waals surface area contributed by atoms with Crippen LogP contribution in [0.4, 0.5) is 16.5 Å². The fourth-order valence-corrected chi connectivity index (χ4v) is 3.49. The fourth-order valence-electron chi connectivity index (χ4n) is 2.74. The topological polar surface area (TPSA) is 121 Å². The normalized spacial score (nSPS) is 11.0. The number of hydrogen-bond donors (Lipinski definition) is 4. The average Bonchev–Trinajstić information content (AvgIpc) is 3.35. The van der Waals surface area contributed by atoms with Crippen LogP contribution in [0.3, 0.4) is 0 Å². The summed E-state index contributed by atoms with van der Waals surface area (Å²) in [5.74, 6) is -0.0672. The Labute approximate surface area is 171 Å². The van der Waals surface area contributed by atoms with Crippen molar-refractivity contribution < 1.29 is 4.79 Å². The van der Waals surface area contributed by atoms with Crippen LogP contribution in [0.1, 0.15) is 13.8 Å². The maximum absolute atomic E-state index is 11.8. The molecule has 148 valence electrons. The summed E-state index contributed by atoms with van der Waals surface area (Å²) in [7, 11) is 0. The van der Waals surface area contributed by atoms with Crippen LogP contribution in [-0.4, -0.2) is 43.9 Å². The minimum absolute atomic E-state index is 0.0672. The number of benzene rings is 1. The minimum Gasteiger partial charge on any atom is -0.375 e. The van der Waals surface area contributed by atoms with Crippen LogP contribution in [0.15, 0.2) is 42.9 Å². The summed E-state index contributed by atoms with van der Waals surface area (Å²) in [6, 6.07) is 7.91. The highest BCUT2D eigenvalue weighted by atomic mass is 32.1. The molecule has 0 fully saturated rings. The maximum atomic E-state index is 11.8. The smallest absolute Gasteiger partial charge is 0.239 e. The molecular formula is C19H20N8OS. The van der Waals surface area contributed by atoms with Crippen LogP contribution in [0.5, 0.6) is 0 Å². The minimum atomic E-state index is -0.0672. The first-order valence-electron chi connectivity index (χ1n) is 9.09. The third-order valence-electron chi connectivity index (χ3n) is 4.00. The van der Waals surface area contributed by atoms with Crippen molar-refractivity contribution in [3.8, 4) is 10.6 Å². The van der Waals surface area contributed by atoms with Crippen LogP contribution in [-0.2, 0) is 4.79 Å². The first-order chi connectivity index (χ1) is 14.1. The molecular weight excluding hydrogens is 388 g/mol. The summed E-state index contributed by atoms with van der Waals surface area (Å²) in [5, 5.41) is 27.0. The van der Waals surface area contributed by atoms with Gasteiger partial charge in [0.15, 0.2) is 5.01 Å². The molecule has 0 aliphatic rings. The second kappa shape index (κ2) is 8.23. The Kier molecular flexibility index (Phi) is 5.34. The predicted octanol–water partition coefficient (Wildman–Crippen LogP) is 3.16. The van der Waals surface area contributed by atoms with Gasteiger partial charge in [0.05, 0.1) is 23.9 Å². The third-order valence-corrected chi connectivity index (χ3v) is 4.89. The van der Waals surface area contributed by atoms with E-state index in [9.17, 15) is 4.79 Å². The molecule has 0 aliphatic heterocycles. The number of carbonyl (C=O) groups is 1. The number of H-pyrrole nitrogens is 1. The van der Waals surface area contributed by atoms with Crippen molar-refractivity contribution in [1.29, 1.82) is 0 Å². The number of amides is 1. The van der Waals surface area contributed by atoms with E-state index in [1.807, 2.05) is 38.1 Å². The molecule has 0 aliphatic carbocycles. The molecule has 4 N–H and O–H groups in total. The molecule has 0 atom stereocenters. The van der Waals surface area contributed by atoms with E-state index in [1.165, 1.54) is 11.3 Å². The zero-order valence-electron chi connectivity index (χ0n) is 15.9. The molecule has 0 saturated carbocycles. The van der Waals surface area contributed by atoms with E-state index in [-0.39, 0.29) is 18.5 Å². The van der Waals surface area contributed by atoms with Gasteiger partial charge in [0, 0.05) is 35.1 Å². The fraction of sp³-hybridized carbons (Fsp3) is 0.211. The van der Waals surface area contributed by atoms with Gasteiger partial charge < -0.3 is 16.0 Å². The van der Waals surface area contributed by atoms with Crippen molar-refractivity contribution >= 4 is 44.7 Å². The van der Waals surface area contributed by atoms with E-state index in [2.05, 4.69) is 41.3 Å². The summed E-state index contributed by atoms with van der Waals surface area (Å²) in [6.45, 7) is 4.03. The zero-order valence-corrected chi connectivity index (χ0v) is 16.7. The van der Waals surface area contributed by atoms with Gasteiger partial charge in [0.25, 0.3) is 0 Å². The van der Waals surface area contributed by atoms with E-state index in [1.54, 1.807) is 18.6 Å². The molecule has 4 aromatic rings. The van der Waals surface area contributed by atoms with Crippen molar-refractivity contribution in [3.05, 3.63) is 42.9 Å². The molecule has 1 amide bonds. The highest BCUT2D eigenvalue weighted by molar-refractivity contribution is 7.18. The molecule has 0 spiro atoms. The van der Waals surface area contributed by atoms with Crippen molar-refractivity contribution in [3.63, 3.8) is 0 Å². The Balaban J connectivity index is 1.44. The van der Waals surface area contributed by atoms with Crippen molar-refractivity contribution in [2.45, 2.75) is 19.9 Å². The lowest BCUT2D eigenvalue weighted by atomic mass is 10.2. The van der Waals surface area contributed by atoms with Crippen LogP contribution in [0.25, 0.3) is 21.5 Å². The number of nitrogens with zero attached hydrogens (tertiary/aromatic N) is 4. The van der Waals surface area contributed by atoms with E-state index >= 15 is 0 Å². The van der Waals surface area contributed by atoms with Gasteiger partial charge in [0.2, 0.25) is 11.0 Å². The number of anilines is 3. The highest BCUT2D eigenvalue weighted by Gasteiger charge is 2.10. The van der Waals surface area contributed by atoms with Gasteiger partial charge in [0.1, 0.15) is 0 Å². The lowest BCUT2D eigenvalue weighted by Crippen LogP contribution is -2.34. The summed E-state index contributed by atoms with van der Waals surface area (Å²) >= 11 is 1.43. The summed E-state index contributed by atoms with van der Waals surface area (Å²) in [5.41, 5.74) is 3.46. The van der Waals surface area contributed by atoms with Crippen LogP contribution in [0.2, 0.25) is 0 Å². The number of rotatable bonds is 7. The lowest BCUT2D eigenvalue weighted by Gasteiger charge is -2.10. The molecule has 3 aromatic heterocycles. The number of hydrogen-bond acceptors (Lipinski definition) is 8. The van der Waals surface area contributed by atoms with Crippen molar-refractivity contribution in [2.24, 2.45) is 0 Å². The van der Waals surface area contributed by atoms with Gasteiger partial charge in [-0.2, -0.15) is 5.10 Å². The number of aromatic amines is 1. The van der Waals surface area contributed by atoms with Gasteiger partial charge in [-0.25, -0.2) is 0 Å². The number of carbonyl (C=O) groups excluding carboxylic acids is 1. The molecule has 0 bridgehead atoms. The van der Waals surface area contributed by atoms with Crippen LogP contribution < -0.4 is 16.0 Å². The van der Waals surface area contributed by atoms with Gasteiger partial charge in [-0.15, -0.1) is 10.2 Å². The monoisotopic (exact) mass is 408 g/mol. The second-order valence-corrected chi connectivity index (χ2v) is 7.72. The first-order valence-corrected chi connectivity index (χ1v) is 9.91. The number of nitrogens with one attached hydrogen (secondary N) is 4. The average molecular weight is 408 g/mol. The number of pyridine rings is 1. The highest BCUT2D eigenvalue weighted by Crippen LogP contribution is 2.29. The largest absolute Gasteiger partial charge is 0.375 e. The SMILES string of the molecule is CC(C)NC(=O)CNc1cncc(-c2nnc(Nc3ccc4[nH]ncc4c3)s2)c1. The van der Waals surface area contributed by atoms with Crippen LogP contribution in [0, 0.1) is 0 Å². The predicted molar refractivity (Wildman–Crippen MR) is 114 cm³/mol. The Hall–Kier alpha value is -3.53. The van der Waals surface area contributed by atoms with Gasteiger partial charge in [-0.3, -0.25) is 14.9 Å². The maximum Gasteiger partial charge on any atom is 0.239 e. The Morgan fingerprint density at radius 3 is 2.90 bits per heavy atom. The quantitative estimate of drug-likeness (QED) is 0.371. The van der Waals surface area contributed by atoms with Crippen LogP contribution >= 0.6 is 11.3 Å². The standard InChI is InChI=1S/C19H20N8OS/c1-11(2)23-17(28)10-21-15-6-13(7-20-9-15)18-26-27-19(29-18)24-14-3-4-16-12(5-14)8-22-25-16/h3-9,11,21H,10H2,1-2H3,(H,22,25)(H,23,28)(H,24,27). The van der Waals surface area contributed by atoms with Gasteiger partial charge in [-0.1, -0.05) is 11.3 Å². The molecule has 10 heteroatoms. The molecule has 0 saturated heterocycles. The van der Waals surface area contributed by atoms with Gasteiger partial charge >= 0.3 is 0 Å². The Bertz CT molecular complexity index is 1140. The molecule has 9 nitrogen and oxygen atoms in total. The first kappa shape index (κ1) is 18.8. The van der Waals surface area contributed by atoms with E-state index < -0.39 is 0 Å². The molecule has 0 unspecified atom stereocenters. The lowest BCUT2D eigenvalue weighted by molar-refractivity contribution is -0.119. The Morgan fingerprint density at radius 1 is 1.14 bits per heavy atom. The van der Waals surface area contributed by atoms with Gasteiger partial charge in [-0.05, 0) is 38.1 Å². The van der Waals surface area contributed by atoms with E-state index in [0.29, 0.717) is 5.13 Å². The molecule has 1 aromatic carbocycles. The summed E-state index contributed by atoms with van der Waals surface area (Å²) < 4.78 is 0. The Morgan fingerprint density at radius 2 is 2.03 bits per heavy atom. The molecule has 4 rings (SSSR count). The zero-order chi connectivity index (χ0) is 20.2. The molecule has 29 heavy (non-hydrogen) atoms. The second-order valence-electron chi connectivity index (χ2n) is 6.75. The van der Waals surface area contributed by atoms with Crippen molar-refractivity contribution in [1.82, 2.24) is 30.7 Å². The number of aromatic nitrogens is 5. The molecule has 3 heterocycles. The van der Waals surface area contributed by atoms with E-state index in [0.717, 1.165) is 32.8 Å².